The number of anilines is 1. The Labute approximate surface area is 152 Å². The number of nitrogens with one attached hydrogen (secondary N) is 1. The molecule has 0 unspecified atom stereocenters. The first-order valence-electron chi connectivity index (χ1n) is 7.47. The lowest BCUT2D eigenvalue weighted by Gasteiger charge is -2.05. The number of amides is 1. The topological polar surface area (TPSA) is 85.1 Å². The van der Waals surface area contributed by atoms with E-state index in [1.165, 1.54) is 18.7 Å². The highest BCUT2D eigenvalue weighted by Gasteiger charge is 2.11. The minimum atomic E-state index is -0.149. The first-order valence-corrected chi connectivity index (χ1v) is 9.50. The van der Waals surface area contributed by atoms with Crippen LogP contribution in [-0.2, 0) is 10.5 Å². The molecule has 0 bridgehead atoms. The Bertz CT molecular complexity index is 875. The van der Waals surface area contributed by atoms with E-state index in [1.807, 2.05) is 17.5 Å². The molecule has 1 N–H and O–H groups in total. The van der Waals surface area contributed by atoms with E-state index in [1.54, 1.807) is 35.6 Å². The van der Waals surface area contributed by atoms with E-state index in [4.69, 9.17) is 4.52 Å². The van der Waals surface area contributed by atoms with Gasteiger partial charge < -0.3 is 9.84 Å². The third-order valence-electron chi connectivity index (χ3n) is 3.22. The molecular weight excluding hydrogens is 358 g/mol. The van der Waals surface area contributed by atoms with Crippen LogP contribution in [0.4, 0.5) is 5.69 Å². The van der Waals surface area contributed by atoms with Gasteiger partial charge in [-0.15, -0.1) is 23.1 Å². The lowest BCUT2D eigenvalue weighted by atomic mass is 10.1. The summed E-state index contributed by atoms with van der Waals surface area (Å²) in [6.45, 7) is 1.49. The summed E-state index contributed by atoms with van der Waals surface area (Å²) in [6, 6.07) is 10.7. The molecule has 2 aromatic heterocycles. The molecule has 0 aliphatic rings. The molecule has 0 spiro atoms. The maximum atomic E-state index is 12.0. The fourth-order valence-electron chi connectivity index (χ4n) is 2.06. The molecule has 0 aliphatic heterocycles. The zero-order chi connectivity index (χ0) is 17.6. The maximum absolute atomic E-state index is 12.0. The predicted octanol–water partition coefficient (Wildman–Crippen LogP) is 3.87. The van der Waals surface area contributed by atoms with Gasteiger partial charge in [-0.05, 0) is 30.5 Å². The van der Waals surface area contributed by atoms with E-state index < -0.39 is 0 Å². The smallest absolute Gasteiger partial charge is 0.236 e. The van der Waals surface area contributed by atoms with Crippen molar-refractivity contribution in [2.45, 2.75) is 12.7 Å². The van der Waals surface area contributed by atoms with Crippen molar-refractivity contribution in [1.82, 2.24) is 10.1 Å². The van der Waals surface area contributed by atoms with E-state index in [2.05, 4.69) is 15.5 Å². The van der Waals surface area contributed by atoms with Crippen LogP contribution in [0, 0.1) is 0 Å². The number of hydrogen-bond donors (Lipinski definition) is 1. The van der Waals surface area contributed by atoms with Crippen LogP contribution in [0.15, 0.2) is 46.3 Å². The van der Waals surface area contributed by atoms with E-state index in [0.29, 0.717) is 28.7 Å². The minimum Gasteiger partial charge on any atom is -0.338 e. The van der Waals surface area contributed by atoms with Crippen molar-refractivity contribution < 1.29 is 14.1 Å². The predicted molar refractivity (Wildman–Crippen MR) is 98.8 cm³/mol. The highest BCUT2D eigenvalue weighted by atomic mass is 32.2. The Morgan fingerprint density at radius 2 is 2.16 bits per heavy atom. The molecule has 128 valence electrons. The standard InChI is InChI=1S/C17H15N3O3S2/c1-11(21)12-4-2-5-13(8-12)18-15(22)9-24-10-16-19-17(20-23-16)14-6-3-7-25-14/h2-8H,9-10H2,1H3,(H,18,22). The van der Waals surface area contributed by atoms with E-state index in [0.717, 1.165) is 4.88 Å². The lowest BCUT2D eigenvalue weighted by Crippen LogP contribution is -2.14. The summed E-state index contributed by atoms with van der Waals surface area (Å²) in [5.74, 6) is 1.57. The van der Waals surface area contributed by atoms with Gasteiger partial charge in [0.15, 0.2) is 5.78 Å². The van der Waals surface area contributed by atoms with E-state index in [9.17, 15) is 9.59 Å². The molecule has 0 saturated carbocycles. The van der Waals surface area contributed by atoms with Gasteiger partial charge >= 0.3 is 0 Å². The number of rotatable bonds is 7. The molecule has 6 nitrogen and oxygen atoms in total. The maximum Gasteiger partial charge on any atom is 0.236 e. The van der Waals surface area contributed by atoms with Gasteiger partial charge in [0, 0.05) is 11.3 Å². The van der Waals surface area contributed by atoms with Gasteiger partial charge in [-0.1, -0.05) is 23.4 Å². The number of thioether (sulfide) groups is 1. The van der Waals surface area contributed by atoms with Crippen LogP contribution < -0.4 is 5.32 Å². The molecular formula is C17H15N3O3S2. The zero-order valence-electron chi connectivity index (χ0n) is 13.4. The van der Waals surface area contributed by atoms with Crippen LogP contribution in [0.5, 0.6) is 0 Å². The number of thiophene rings is 1. The molecule has 0 atom stereocenters. The second-order valence-corrected chi connectivity index (χ2v) is 7.10. The second kappa shape index (κ2) is 8.09. The molecule has 2 heterocycles. The summed E-state index contributed by atoms with van der Waals surface area (Å²) < 4.78 is 5.19. The monoisotopic (exact) mass is 373 g/mol. The molecule has 0 saturated heterocycles. The summed E-state index contributed by atoms with van der Waals surface area (Å²) in [5, 5.41) is 8.65. The van der Waals surface area contributed by atoms with Crippen LogP contribution >= 0.6 is 23.1 Å². The van der Waals surface area contributed by atoms with Crippen molar-refractivity contribution in [2.24, 2.45) is 0 Å². The van der Waals surface area contributed by atoms with Crippen molar-refractivity contribution in [3.63, 3.8) is 0 Å². The van der Waals surface area contributed by atoms with Gasteiger partial charge in [0.1, 0.15) is 0 Å². The highest BCUT2D eigenvalue weighted by molar-refractivity contribution is 7.99. The third kappa shape index (κ3) is 4.77. The number of ketones is 1. The lowest BCUT2D eigenvalue weighted by molar-refractivity contribution is -0.113. The van der Waals surface area contributed by atoms with Crippen molar-refractivity contribution in [3.8, 4) is 10.7 Å². The number of hydrogen-bond acceptors (Lipinski definition) is 7. The Morgan fingerprint density at radius 3 is 2.92 bits per heavy atom. The van der Waals surface area contributed by atoms with Gasteiger partial charge in [0.2, 0.25) is 17.6 Å². The fraction of sp³-hybridized carbons (Fsp3) is 0.176. The van der Waals surface area contributed by atoms with Crippen molar-refractivity contribution in [1.29, 1.82) is 0 Å². The van der Waals surface area contributed by atoms with Crippen LogP contribution in [0.2, 0.25) is 0 Å². The van der Waals surface area contributed by atoms with Gasteiger partial charge in [0.25, 0.3) is 0 Å². The van der Waals surface area contributed by atoms with Crippen molar-refractivity contribution in [2.75, 3.05) is 11.1 Å². The minimum absolute atomic E-state index is 0.0385. The molecule has 3 aromatic rings. The van der Waals surface area contributed by atoms with Crippen LogP contribution in [0.25, 0.3) is 10.7 Å². The number of aromatic nitrogens is 2. The normalized spacial score (nSPS) is 10.6. The summed E-state index contributed by atoms with van der Waals surface area (Å²) in [5.41, 5.74) is 1.17. The first kappa shape index (κ1) is 17.4. The zero-order valence-corrected chi connectivity index (χ0v) is 15.0. The molecule has 0 radical (unpaired) electrons. The largest absolute Gasteiger partial charge is 0.338 e. The summed E-state index contributed by atoms with van der Waals surface area (Å²) in [4.78, 5) is 28.6. The number of nitrogens with zero attached hydrogens (tertiary/aromatic N) is 2. The van der Waals surface area contributed by atoms with Crippen LogP contribution in [0.3, 0.4) is 0 Å². The quantitative estimate of drug-likeness (QED) is 0.633. The average Bonchev–Trinajstić information content (AvgIpc) is 3.26. The number of benzene rings is 1. The SMILES string of the molecule is CC(=O)c1cccc(NC(=O)CSCc2nc(-c3cccs3)no2)c1. The summed E-state index contributed by atoms with van der Waals surface area (Å²) in [7, 11) is 0. The molecule has 25 heavy (non-hydrogen) atoms. The van der Waals surface area contributed by atoms with Crippen LogP contribution in [-0.4, -0.2) is 27.6 Å². The summed E-state index contributed by atoms with van der Waals surface area (Å²) in [6.07, 6.45) is 0. The third-order valence-corrected chi connectivity index (χ3v) is 5.00. The second-order valence-electron chi connectivity index (χ2n) is 5.17. The number of carbonyl (C=O) groups excluding carboxylic acids is 2. The van der Waals surface area contributed by atoms with E-state index >= 15 is 0 Å². The first-order chi connectivity index (χ1) is 12.1. The number of carbonyl (C=O) groups is 2. The van der Waals surface area contributed by atoms with Crippen molar-refractivity contribution >= 4 is 40.5 Å². The van der Waals surface area contributed by atoms with Gasteiger partial charge in [0.05, 0.1) is 16.4 Å². The Kier molecular flexibility index (Phi) is 5.62. The van der Waals surface area contributed by atoms with Crippen molar-refractivity contribution in [3.05, 3.63) is 53.2 Å². The Balaban J connectivity index is 1.48. The Hall–Kier alpha value is -2.45. The van der Waals surface area contributed by atoms with Gasteiger partial charge in [-0.3, -0.25) is 9.59 Å². The van der Waals surface area contributed by atoms with Gasteiger partial charge in [-0.2, -0.15) is 4.98 Å². The molecule has 1 amide bonds. The molecule has 1 aromatic carbocycles. The molecule has 0 fully saturated rings. The molecule has 8 heteroatoms. The molecule has 3 rings (SSSR count). The van der Waals surface area contributed by atoms with Crippen LogP contribution in [0.1, 0.15) is 23.2 Å². The highest BCUT2D eigenvalue weighted by Crippen LogP contribution is 2.22. The van der Waals surface area contributed by atoms with E-state index in [-0.39, 0.29) is 17.4 Å². The number of Topliss-reactive ketones (excluding diaryl/α,β-unsaturated/α-hetero) is 1. The average molecular weight is 373 g/mol. The fourth-order valence-corrected chi connectivity index (χ4v) is 3.36. The Morgan fingerprint density at radius 1 is 1.28 bits per heavy atom. The molecule has 0 aliphatic carbocycles. The van der Waals surface area contributed by atoms with Gasteiger partial charge in [-0.25, -0.2) is 0 Å². The summed E-state index contributed by atoms with van der Waals surface area (Å²) >= 11 is 2.93.